The standard InChI is InChI=1S/C17H28N4O3/c1-19(2)6-8-24-12-14-9-20-5-4-18-16(20)11-21(10-14)17(22)15-3-7-23-13-15/h4-5,14-15H,3,6-13H2,1-2H3/t14-,15-/m0/s1. The fraction of sp³-hybridized carbons (Fsp3) is 0.765. The molecule has 1 aromatic rings. The summed E-state index contributed by atoms with van der Waals surface area (Å²) in [4.78, 5) is 21.3. The third-order valence-electron chi connectivity index (χ3n) is 4.69. The van der Waals surface area contributed by atoms with E-state index in [0.717, 1.165) is 31.9 Å². The Morgan fingerprint density at radius 3 is 3.08 bits per heavy atom. The second-order valence-corrected chi connectivity index (χ2v) is 7.02. The van der Waals surface area contributed by atoms with E-state index >= 15 is 0 Å². The van der Waals surface area contributed by atoms with Gasteiger partial charge in [-0.25, -0.2) is 4.98 Å². The molecule has 0 spiro atoms. The molecule has 0 radical (unpaired) electrons. The van der Waals surface area contributed by atoms with E-state index in [-0.39, 0.29) is 17.7 Å². The van der Waals surface area contributed by atoms with Crippen LogP contribution in [0.1, 0.15) is 12.2 Å². The Labute approximate surface area is 143 Å². The van der Waals surface area contributed by atoms with E-state index in [9.17, 15) is 4.79 Å². The Hall–Kier alpha value is -1.44. The number of amides is 1. The van der Waals surface area contributed by atoms with Crippen LogP contribution in [0.2, 0.25) is 0 Å². The Morgan fingerprint density at radius 1 is 1.46 bits per heavy atom. The number of likely N-dealkylation sites (N-methyl/N-ethyl adjacent to an activating group) is 1. The molecule has 1 amide bonds. The van der Waals surface area contributed by atoms with Crippen molar-refractivity contribution >= 4 is 5.91 Å². The highest BCUT2D eigenvalue weighted by Gasteiger charge is 2.32. The summed E-state index contributed by atoms with van der Waals surface area (Å²) in [5.41, 5.74) is 0. The summed E-state index contributed by atoms with van der Waals surface area (Å²) in [5, 5.41) is 0. The van der Waals surface area contributed by atoms with Crippen molar-refractivity contribution in [2.24, 2.45) is 11.8 Å². The molecule has 2 aliphatic rings. The maximum absolute atomic E-state index is 12.8. The molecule has 0 aromatic carbocycles. The Balaban J connectivity index is 1.63. The highest BCUT2D eigenvalue weighted by molar-refractivity contribution is 5.79. The Bertz CT molecular complexity index is 540. The van der Waals surface area contributed by atoms with Crippen LogP contribution in [-0.4, -0.2) is 78.9 Å². The Morgan fingerprint density at radius 2 is 2.33 bits per heavy atom. The lowest BCUT2D eigenvalue weighted by Gasteiger charge is -2.26. The van der Waals surface area contributed by atoms with Gasteiger partial charge in [-0.3, -0.25) is 4.79 Å². The van der Waals surface area contributed by atoms with Crippen molar-refractivity contribution in [1.29, 1.82) is 0 Å². The van der Waals surface area contributed by atoms with Gasteiger partial charge in [0.25, 0.3) is 0 Å². The zero-order valence-corrected chi connectivity index (χ0v) is 14.7. The maximum Gasteiger partial charge on any atom is 0.228 e. The lowest BCUT2D eigenvalue weighted by atomic mass is 10.1. The van der Waals surface area contributed by atoms with Crippen LogP contribution in [-0.2, 0) is 27.4 Å². The van der Waals surface area contributed by atoms with E-state index in [2.05, 4.69) is 14.5 Å². The number of hydrogen-bond acceptors (Lipinski definition) is 5. The molecule has 3 heterocycles. The smallest absolute Gasteiger partial charge is 0.228 e. The molecule has 0 bridgehead atoms. The topological polar surface area (TPSA) is 59.8 Å². The van der Waals surface area contributed by atoms with Gasteiger partial charge in [0.05, 0.1) is 32.3 Å². The quantitative estimate of drug-likeness (QED) is 0.706. The lowest BCUT2D eigenvalue weighted by Crippen LogP contribution is -2.39. The summed E-state index contributed by atoms with van der Waals surface area (Å²) < 4.78 is 13.4. The van der Waals surface area contributed by atoms with Crippen molar-refractivity contribution in [3.63, 3.8) is 0 Å². The molecule has 7 nitrogen and oxygen atoms in total. The predicted octanol–water partition coefficient (Wildman–Crippen LogP) is 0.456. The number of hydrogen-bond donors (Lipinski definition) is 0. The second kappa shape index (κ2) is 8.09. The van der Waals surface area contributed by atoms with E-state index in [1.807, 2.05) is 31.4 Å². The molecule has 0 N–H and O–H groups in total. The average Bonchev–Trinajstić information content (AvgIpc) is 3.19. The number of nitrogens with zero attached hydrogens (tertiary/aromatic N) is 4. The van der Waals surface area contributed by atoms with Crippen molar-refractivity contribution < 1.29 is 14.3 Å². The maximum atomic E-state index is 12.8. The monoisotopic (exact) mass is 336 g/mol. The number of fused-ring (bicyclic) bond motifs is 1. The molecule has 0 saturated carbocycles. The van der Waals surface area contributed by atoms with Crippen LogP contribution in [0.15, 0.2) is 12.4 Å². The molecule has 0 unspecified atom stereocenters. The van der Waals surface area contributed by atoms with Crippen LogP contribution in [0.3, 0.4) is 0 Å². The van der Waals surface area contributed by atoms with E-state index in [1.54, 1.807) is 0 Å². The van der Waals surface area contributed by atoms with Gasteiger partial charge in [-0.1, -0.05) is 0 Å². The van der Waals surface area contributed by atoms with Crippen LogP contribution >= 0.6 is 0 Å². The van der Waals surface area contributed by atoms with Crippen molar-refractivity contribution in [3.8, 4) is 0 Å². The minimum absolute atomic E-state index is 0.00169. The highest BCUT2D eigenvalue weighted by atomic mass is 16.5. The van der Waals surface area contributed by atoms with Crippen molar-refractivity contribution in [2.75, 3.05) is 53.6 Å². The first-order valence-electron chi connectivity index (χ1n) is 8.72. The van der Waals surface area contributed by atoms with Gasteiger partial charge in [0, 0.05) is 44.6 Å². The zero-order valence-electron chi connectivity index (χ0n) is 14.7. The molecule has 24 heavy (non-hydrogen) atoms. The first-order valence-corrected chi connectivity index (χ1v) is 8.72. The highest BCUT2D eigenvalue weighted by Crippen LogP contribution is 2.21. The van der Waals surface area contributed by atoms with Gasteiger partial charge in [0.15, 0.2) is 0 Å². The minimum Gasteiger partial charge on any atom is -0.381 e. The van der Waals surface area contributed by atoms with Gasteiger partial charge in [-0.15, -0.1) is 0 Å². The van der Waals surface area contributed by atoms with E-state index in [1.165, 1.54) is 0 Å². The zero-order chi connectivity index (χ0) is 16.9. The van der Waals surface area contributed by atoms with Crippen molar-refractivity contribution in [2.45, 2.75) is 19.5 Å². The van der Waals surface area contributed by atoms with Gasteiger partial charge in [-0.2, -0.15) is 0 Å². The molecule has 7 heteroatoms. The second-order valence-electron chi connectivity index (χ2n) is 7.02. The van der Waals surface area contributed by atoms with Gasteiger partial charge in [-0.05, 0) is 20.5 Å². The molecular weight excluding hydrogens is 308 g/mol. The fourth-order valence-corrected chi connectivity index (χ4v) is 3.30. The van der Waals surface area contributed by atoms with Gasteiger partial charge >= 0.3 is 0 Å². The average molecular weight is 336 g/mol. The summed E-state index contributed by atoms with van der Waals surface area (Å²) in [7, 11) is 4.08. The molecular formula is C17H28N4O3. The van der Waals surface area contributed by atoms with Gasteiger partial charge in [0.1, 0.15) is 5.82 Å². The summed E-state index contributed by atoms with van der Waals surface area (Å²) >= 11 is 0. The summed E-state index contributed by atoms with van der Waals surface area (Å²) in [6.07, 6.45) is 4.63. The SMILES string of the molecule is CN(C)CCOC[C@@H]1CN(C(=O)[C@H]2CCOC2)Cc2nccn2C1. The number of carbonyl (C=O) groups excluding carboxylic acids is 1. The molecule has 134 valence electrons. The number of ether oxygens (including phenoxy) is 2. The van der Waals surface area contributed by atoms with Crippen LogP contribution in [0.25, 0.3) is 0 Å². The van der Waals surface area contributed by atoms with Crippen LogP contribution in [0.5, 0.6) is 0 Å². The van der Waals surface area contributed by atoms with Gasteiger partial charge < -0.3 is 23.8 Å². The van der Waals surface area contributed by atoms with Gasteiger partial charge in [0.2, 0.25) is 5.91 Å². The molecule has 1 aromatic heterocycles. The van der Waals surface area contributed by atoms with E-state index < -0.39 is 0 Å². The first kappa shape index (κ1) is 17.4. The van der Waals surface area contributed by atoms with Crippen LogP contribution < -0.4 is 0 Å². The molecule has 2 aliphatic heterocycles. The molecule has 0 aliphatic carbocycles. The van der Waals surface area contributed by atoms with Crippen molar-refractivity contribution in [3.05, 3.63) is 18.2 Å². The number of rotatable bonds is 6. The van der Waals surface area contributed by atoms with E-state index in [0.29, 0.717) is 33.0 Å². The molecule has 3 rings (SSSR count). The Kier molecular flexibility index (Phi) is 5.86. The first-order chi connectivity index (χ1) is 11.6. The third kappa shape index (κ3) is 4.34. The predicted molar refractivity (Wildman–Crippen MR) is 89.4 cm³/mol. The molecule has 2 atom stereocenters. The third-order valence-corrected chi connectivity index (χ3v) is 4.69. The summed E-state index contributed by atoms with van der Waals surface area (Å²) in [5.74, 6) is 1.44. The van der Waals surface area contributed by atoms with Crippen molar-refractivity contribution in [1.82, 2.24) is 19.4 Å². The number of carbonyl (C=O) groups is 1. The minimum atomic E-state index is 0.00169. The van der Waals surface area contributed by atoms with Crippen LogP contribution in [0, 0.1) is 11.8 Å². The lowest BCUT2D eigenvalue weighted by molar-refractivity contribution is -0.137. The number of aromatic nitrogens is 2. The number of imidazole rings is 1. The van der Waals surface area contributed by atoms with E-state index in [4.69, 9.17) is 9.47 Å². The summed E-state index contributed by atoms with van der Waals surface area (Å²) in [6, 6.07) is 0. The summed E-state index contributed by atoms with van der Waals surface area (Å²) in [6.45, 7) is 5.68. The fourth-order valence-electron chi connectivity index (χ4n) is 3.30. The normalized spacial score (nSPS) is 24.2. The largest absolute Gasteiger partial charge is 0.381 e. The molecule has 1 fully saturated rings. The van der Waals surface area contributed by atoms with Crippen LogP contribution in [0.4, 0.5) is 0 Å². The molecule has 1 saturated heterocycles.